The van der Waals surface area contributed by atoms with E-state index in [2.05, 4.69) is 111 Å². The largest absolute Gasteiger partial charge is 0.489 e. The standard InChI is InChI=1S/C23H35N3O4.C16H24N2O.C7H13NO4.C7H11NO3.C7H5NO/c1-18(2)29-22-8-4-3-7-21(22)26-12-10-25(11-13-26)16-20-15-19(24-30-20)17-28-23-9-5-6-14-27-23;1-4-9-17-10-12-18(13-11-17)15-7-5-6-8-16(15)19-14(2)3;9-8(10)4-6-12-7-3-1-2-5-11-7;9-8-4-6-11-7-3-1-2-5-10-7;9-6-8-7-4-2-1-3-5-7/h3-4,7-8,18,20,23H,5-6,9-17H2,1-2H3;4-8,14H,1,9-13H2,2-3H3;7H,1-6H2;7H,1-3,5-6H2;1-5H/p+1. The van der Waals surface area contributed by atoms with E-state index in [9.17, 15) is 14.9 Å². The molecule has 5 saturated heterocycles. The van der Waals surface area contributed by atoms with Crippen LogP contribution in [0.5, 0.6) is 11.5 Å². The fourth-order valence-electron chi connectivity index (χ4n) is 9.32. The monoisotopic (exact) mass is 1130 g/mol. The molecule has 0 saturated carbocycles. The minimum atomic E-state index is -0.386. The Bertz CT molecular complexity index is 2330. The molecule has 81 heavy (non-hydrogen) atoms. The number of nitro groups is 1. The van der Waals surface area contributed by atoms with Crippen LogP contribution in [0.3, 0.4) is 0 Å². The lowest BCUT2D eigenvalue weighted by Gasteiger charge is -2.37. The first-order valence-electron chi connectivity index (χ1n) is 28.8. The van der Waals surface area contributed by atoms with Gasteiger partial charge in [-0.15, -0.1) is 6.58 Å². The highest BCUT2D eigenvalue weighted by Crippen LogP contribution is 2.31. The van der Waals surface area contributed by atoms with Crippen molar-refractivity contribution >= 4 is 28.9 Å². The smallest absolute Gasteiger partial charge is 0.378 e. The van der Waals surface area contributed by atoms with Crippen LogP contribution in [0.1, 0.15) is 91.9 Å². The van der Waals surface area contributed by atoms with E-state index >= 15 is 0 Å². The molecule has 6 heterocycles. The van der Waals surface area contributed by atoms with Crippen LogP contribution in [0.4, 0.5) is 17.1 Å². The Morgan fingerprint density at radius 1 is 0.728 bits per heavy atom. The molecule has 21 nitrogen and oxygen atoms in total. The number of rotatable bonds is 20. The molecule has 0 bridgehead atoms. The van der Waals surface area contributed by atoms with Crippen LogP contribution in [0, 0.1) is 16.2 Å². The van der Waals surface area contributed by atoms with Gasteiger partial charge in [0.05, 0.1) is 41.6 Å². The lowest BCUT2D eigenvalue weighted by Crippen LogP contribution is -2.48. The molecule has 6 aliphatic rings. The molecule has 4 unspecified atom stereocenters. The first-order chi connectivity index (χ1) is 39.5. The van der Waals surface area contributed by atoms with Gasteiger partial charge in [0.25, 0.3) is 0 Å². The third-order valence-electron chi connectivity index (χ3n) is 13.3. The minimum absolute atomic E-state index is 0.0730. The lowest BCUT2D eigenvalue weighted by molar-refractivity contribution is -0.485. The number of para-hydroxylation sites is 5. The molecule has 0 amide bonds. The van der Waals surface area contributed by atoms with E-state index in [4.69, 9.17) is 47.9 Å². The summed E-state index contributed by atoms with van der Waals surface area (Å²) >= 11 is 0. The van der Waals surface area contributed by atoms with Crippen molar-refractivity contribution in [3.63, 3.8) is 0 Å². The molecule has 21 heteroatoms. The van der Waals surface area contributed by atoms with Gasteiger partial charge in [-0.1, -0.05) is 53.7 Å². The minimum Gasteiger partial charge on any atom is -0.489 e. The summed E-state index contributed by atoms with van der Waals surface area (Å²) in [5, 5.41) is 24.9. The summed E-state index contributed by atoms with van der Waals surface area (Å²) in [6.45, 7) is 25.2. The van der Waals surface area contributed by atoms with E-state index in [0.29, 0.717) is 18.9 Å². The van der Waals surface area contributed by atoms with Crippen molar-refractivity contribution in [1.82, 2.24) is 9.80 Å². The summed E-state index contributed by atoms with van der Waals surface area (Å²) < 4.78 is 44.1. The maximum atomic E-state index is 9.93. The van der Waals surface area contributed by atoms with Gasteiger partial charge in [-0.05, 0) is 122 Å². The van der Waals surface area contributed by atoms with Crippen molar-refractivity contribution in [2.75, 3.05) is 121 Å². The van der Waals surface area contributed by atoms with Crippen LogP contribution in [-0.2, 0) is 38.1 Å². The highest BCUT2D eigenvalue weighted by molar-refractivity contribution is 5.86. The number of nitrogens with zero attached hydrogens (tertiary/aromatic N) is 8. The zero-order valence-corrected chi connectivity index (χ0v) is 48.3. The number of aliphatic imine (C=N–C) groups is 1. The number of isocyanates is 1. The average molecular weight is 1130 g/mol. The van der Waals surface area contributed by atoms with E-state index in [0.717, 1.165) is 154 Å². The molecule has 3 aromatic carbocycles. The van der Waals surface area contributed by atoms with Crippen molar-refractivity contribution in [2.24, 2.45) is 10.1 Å². The molecule has 0 radical (unpaired) electrons. The van der Waals surface area contributed by atoms with Gasteiger partial charge in [-0.3, -0.25) is 19.9 Å². The molecular formula is C60H89N8O13+. The Morgan fingerprint density at radius 3 is 1.72 bits per heavy atom. The molecule has 6 aliphatic heterocycles. The summed E-state index contributed by atoms with van der Waals surface area (Å²) in [7, 11) is 0. The van der Waals surface area contributed by atoms with Gasteiger partial charge in [0.1, 0.15) is 24.2 Å². The van der Waals surface area contributed by atoms with Crippen molar-refractivity contribution in [1.29, 1.82) is 0 Å². The third kappa shape index (κ3) is 27.0. The van der Waals surface area contributed by atoms with Crippen LogP contribution >= 0.6 is 0 Å². The molecule has 1 N–H and O–H groups in total. The first-order valence-corrected chi connectivity index (χ1v) is 28.8. The average Bonchev–Trinajstić information content (AvgIpc) is 3.96. The number of benzene rings is 3. The van der Waals surface area contributed by atoms with Crippen molar-refractivity contribution in [3.8, 4) is 17.6 Å². The molecule has 5 fully saturated rings. The first kappa shape index (κ1) is 65.6. The molecule has 3 aromatic rings. The second-order valence-electron chi connectivity index (χ2n) is 20.5. The van der Waals surface area contributed by atoms with Crippen LogP contribution in [-0.4, -0.2) is 181 Å². The van der Waals surface area contributed by atoms with Gasteiger partial charge >= 0.3 is 6.07 Å². The fraction of sp³-hybridized carbons (Fsp3) is 0.617. The number of hydrogen-bond donors (Lipinski definition) is 1. The quantitative estimate of drug-likeness (QED) is 0.0367. The van der Waals surface area contributed by atoms with E-state index in [1.807, 2.05) is 36.4 Å². The van der Waals surface area contributed by atoms with E-state index < -0.39 is 0 Å². The summed E-state index contributed by atoms with van der Waals surface area (Å²) in [5.41, 5.74) is 4.05. The number of carbonyl (C=O) groups excluding carboxylic acids is 1. The molecule has 0 aliphatic carbocycles. The van der Waals surface area contributed by atoms with E-state index in [-0.39, 0.29) is 61.9 Å². The Balaban J connectivity index is 0.000000202. The Kier molecular flexibility index (Phi) is 31.8. The predicted octanol–water partition coefficient (Wildman–Crippen LogP) is 9.78. The Hall–Kier alpha value is -6.18. The summed E-state index contributed by atoms with van der Waals surface area (Å²) in [6.07, 6.45) is 13.9. The highest BCUT2D eigenvalue weighted by atomic mass is 16.7. The second-order valence-corrected chi connectivity index (χ2v) is 20.5. The maximum absolute atomic E-state index is 9.93. The maximum Gasteiger partial charge on any atom is 0.378 e. The molecule has 446 valence electrons. The number of oxime groups is 1. The summed E-state index contributed by atoms with van der Waals surface area (Å²) in [4.78, 5) is 38.0. The van der Waals surface area contributed by atoms with Crippen LogP contribution < -0.4 is 19.3 Å². The Labute approximate surface area is 479 Å². The van der Waals surface area contributed by atoms with Crippen LogP contribution in [0.15, 0.2) is 102 Å². The molecule has 0 spiro atoms. The van der Waals surface area contributed by atoms with Crippen LogP contribution in [0.25, 0.3) is 5.01 Å². The van der Waals surface area contributed by atoms with Gasteiger partial charge in [0.2, 0.25) is 17.6 Å². The van der Waals surface area contributed by atoms with Gasteiger partial charge < -0.3 is 52.5 Å². The van der Waals surface area contributed by atoms with E-state index in [1.165, 1.54) is 23.9 Å². The number of ether oxygens (including phenoxy) is 8. The number of hydrogen-bond acceptors (Lipinski definition) is 19. The highest BCUT2D eigenvalue weighted by Gasteiger charge is 2.28. The molecule has 0 aromatic heterocycles. The normalized spacial score (nSPS) is 20.9. The number of piperazine rings is 2. The van der Waals surface area contributed by atoms with Crippen LogP contribution in [0.2, 0.25) is 0 Å². The van der Waals surface area contributed by atoms with Crippen molar-refractivity contribution in [2.45, 2.75) is 129 Å². The second kappa shape index (κ2) is 39.3. The topological polar surface area (TPSA) is 206 Å². The molecular weight excluding hydrogens is 1040 g/mol. The molecule has 4 atom stereocenters. The van der Waals surface area contributed by atoms with Gasteiger partial charge in [-0.2, -0.15) is 10.2 Å². The zero-order valence-electron chi connectivity index (χ0n) is 48.3. The van der Waals surface area contributed by atoms with Crippen molar-refractivity contribution in [3.05, 3.63) is 107 Å². The number of anilines is 2. The summed E-state index contributed by atoms with van der Waals surface area (Å²) in [6, 6.07) is 27.9. The third-order valence-corrected chi connectivity index (χ3v) is 13.3. The van der Waals surface area contributed by atoms with Crippen molar-refractivity contribution < 1.29 is 57.7 Å². The SMILES string of the molecule is C=CCN1CCN(c2ccccc2OC(C)C)CC1.CC(C)Oc1ccccc1N1CCN(CC2CC(COC3CCCCO3)=NO2)CC1.O=C=Nc1ccccc1.O=[N+]([O-])CCOC1CCCCO1.O[N+]#CCOC1CCCCO1. The van der Waals surface area contributed by atoms with Gasteiger partial charge in [0, 0.05) is 96.6 Å². The predicted molar refractivity (Wildman–Crippen MR) is 313 cm³/mol. The van der Waals surface area contributed by atoms with Gasteiger partial charge in [-0.25, -0.2) is 4.79 Å². The summed E-state index contributed by atoms with van der Waals surface area (Å²) in [5.74, 6) is 1.97. The zero-order chi connectivity index (χ0) is 57.7. The fourth-order valence-corrected chi connectivity index (χ4v) is 9.32. The Morgan fingerprint density at radius 2 is 1.23 bits per heavy atom. The van der Waals surface area contributed by atoms with Gasteiger partial charge in [0.15, 0.2) is 25.5 Å². The lowest BCUT2D eigenvalue weighted by atomic mass is 10.1. The molecule has 9 rings (SSSR count). The van der Waals surface area contributed by atoms with E-state index in [1.54, 1.807) is 12.1 Å².